The SMILES string of the molecule is Cc1cc(CNCCCCCO)no1. The lowest BCUT2D eigenvalue weighted by Crippen LogP contribution is -2.14. The van der Waals surface area contributed by atoms with E-state index in [0.29, 0.717) is 6.61 Å². The third-order valence-corrected chi connectivity index (χ3v) is 1.99. The van der Waals surface area contributed by atoms with Crippen molar-refractivity contribution in [2.45, 2.75) is 32.7 Å². The first-order valence-electron chi connectivity index (χ1n) is 5.06. The van der Waals surface area contributed by atoms with Crippen molar-refractivity contribution >= 4 is 0 Å². The Hall–Kier alpha value is -0.870. The van der Waals surface area contributed by atoms with Crippen molar-refractivity contribution in [3.05, 3.63) is 17.5 Å². The van der Waals surface area contributed by atoms with Crippen molar-refractivity contribution in [2.75, 3.05) is 13.2 Å². The molecule has 0 aliphatic heterocycles. The van der Waals surface area contributed by atoms with Gasteiger partial charge in [-0.25, -0.2) is 0 Å². The summed E-state index contributed by atoms with van der Waals surface area (Å²) in [6.45, 7) is 3.91. The minimum Gasteiger partial charge on any atom is -0.396 e. The summed E-state index contributed by atoms with van der Waals surface area (Å²) >= 11 is 0. The molecule has 0 spiro atoms. The Morgan fingerprint density at radius 1 is 1.43 bits per heavy atom. The Kier molecular flexibility index (Phi) is 5.25. The number of rotatable bonds is 7. The van der Waals surface area contributed by atoms with Crippen LogP contribution in [0.2, 0.25) is 0 Å². The highest BCUT2D eigenvalue weighted by atomic mass is 16.5. The molecule has 14 heavy (non-hydrogen) atoms. The average Bonchev–Trinajstić information content (AvgIpc) is 2.58. The Morgan fingerprint density at radius 3 is 2.93 bits per heavy atom. The number of aliphatic hydroxyl groups is 1. The highest BCUT2D eigenvalue weighted by Crippen LogP contribution is 2.00. The normalized spacial score (nSPS) is 10.7. The number of nitrogens with one attached hydrogen (secondary N) is 1. The second-order valence-electron chi connectivity index (χ2n) is 3.39. The molecule has 0 aromatic carbocycles. The van der Waals surface area contributed by atoms with Gasteiger partial charge in [0.15, 0.2) is 0 Å². The molecule has 1 aromatic rings. The van der Waals surface area contributed by atoms with E-state index in [0.717, 1.165) is 43.8 Å². The lowest BCUT2D eigenvalue weighted by molar-refractivity contribution is 0.283. The highest BCUT2D eigenvalue weighted by molar-refractivity contribution is 5.02. The molecule has 0 aliphatic carbocycles. The Balaban J connectivity index is 1.99. The highest BCUT2D eigenvalue weighted by Gasteiger charge is 1.98. The summed E-state index contributed by atoms with van der Waals surface area (Å²) in [6.07, 6.45) is 3.06. The smallest absolute Gasteiger partial charge is 0.133 e. The zero-order chi connectivity index (χ0) is 10.2. The van der Waals surface area contributed by atoms with Crippen LogP contribution >= 0.6 is 0 Å². The largest absolute Gasteiger partial charge is 0.396 e. The van der Waals surface area contributed by atoms with E-state index < -0.39 is 0 Å². The van der Waals surface area contributed by atoms with Gasteiger partial charge in [0.25, 0.3) is 0 Å². The van der Waals surface area contributed by atoms with Crippen LogP contribution in [0.3, 0.4) is 0 Å². The number of unbranched alkanes of at least 4 members (excludes halogenated alkanes) is 2. The molecule has 0 bridgehead atoms. The maximum absolute atomic E-state index is 8.56. The molecule has 1 aromatic heterocycles. The molecule has 0 aliphatic rings. The molecule has 0 radical (unpaired) electrons. The second-order valence-corrected chi connectivity index (χ2v) is 3.39. The number of hydrogen-bond acceptors (Lipinski definition) is 4. The van der Waals surface area contributed by atoms with Crippen LogP contribution in [0.25, 0.3) is 0 Å². The second kappa shape index (κ2) is 6.56. The van der Waals surface area contributed by atoms with Gasteiger partial charge < -0.3 is 14.9 Å². The fraction of sp³-hybridized carbons (Fsp3) is 0.700. The third kappa shape index (κ3) is 4.39. The molecule has 0 unspecified atom stereocenters. The first-order chi connectivity index (χ1) is 6.83. The predicted octanol–water partition coefficient (Wildman–Crippen LogP) is 1.24. The van der Waals surface area contributed by atoms with Crippen LogP contribution in [0.5, 0.6) is 0 Å². The van der Waals surface area contributed by atoms with Gasteiger partial charge in [-0.15, -0.1) is 0 Å². The summed E-state index contributed by atoms with van der Waals surface area (Å²) in [5, 5.41) is 15.7. The number of nitrogens with zero attached hydrogens (tertiary/aromatic N) is 1. The van der Waals surface area contributed by atoms with Crippen LogP contribution in [-0.4, -0.2) is 23.4 Å². The van der Waals surface area contributed by atoms with E-state index in [9.17, 15) is 0 Å². The van der Waals surface area contributed by atoms with Gasteiger partial charge in [0.2, 0.25) is 0 Å². The van der Waals surface area contributed by atoms with E-state index in [1.54, 1.807) is 0 Å². The van der Waals surface area contributed by atoms with Crippen molar-refractivity contribution in [3.8, 4) is 0 Å². The topological polar surface area (TPSA) is 58.3 Å². The summed E-state index contributed by atoms with van der Waals surface area (Å²) in [5.74, 6) is 0.849. The molecule has 0 fully saturated rings. The van der Waals surface area contributed by atoms with Crippen LogP contribution < -0.4 is 5.32 Å². The third-order valence-electron chi connectivity index (χ3n) is 1.99. The minimum absolute atomic E-state index is 0.294. The molecule has 4 heteroatoms. The van der Waals surface area contributed by atoms with Crippen LogP contribution in [-0.2, 0) is 6.54 Å². The van der Waals surface area contributed by atoms with Crippen LogP contribution in [0.15, 0.2) is 10.6 Å². The minimum atomic E-state index is 0.294. The maximum atomic E-state index is 8.56. The molecule has 0 saturated carbocycles. The van der Waals surface area contributed by atoms with Crippen molar-refractivity contribution in [1.82, 2.24) is 10.5 Å². The molecule has 2 N–H and O–H groups in total. The lowest BCUT2D eigenvalue weighted by Gasteiger charge is -2.00. The number of hydrogen-bond donors (Lipinski definition) is 2. The van der Waals surface area contributed by atoms with Crippen LogP contribution in [0.4, 0.5) is 0 Å². The van der Waals surface area contributed by atoms with Crippen molar-refractivity contribution < 1.29 is 9.63 Å². The van der Waals surface area contributed by atoms with E-state index in [1.165, 1.54) is 0 Å². The summed E-state index contributed by atoms with van der Waals surface area (Å²) in [7, 11) is 0. The van der Waals surface area contributed by atoms with Gasteiger partial charge in [-0.05, 0) is 32.7 Å². The molecule has 1 rings (SSSR count). The van der Waals surface area contributed by atoms with E-state index >= 15 is 0 Å². The number of aromatic nitrogens is 1. The van der Waals surface area contributed by atoms with Gasteiger partial charge in [-0.2, -0.15) is 0 Å². The summed E-state index contributed by atoms with van der Waals surface area (Å²) in [5.41, 5.74) is 0.949. The number of aliphatic hydroxyl groups excluding tert-OH is 1. The van der Waals surface area contributed by atoms with Crippen LogP contribution in [0.1, 0.15) is 30.7 Å². The Bertz CT molecular complexity index is 248. The van der Waals surface area contributed by atoms with E-state index in [2.05, 4.69) is 10.5 Å². The van der Waals surface area contributed by atoms with Gasteiger partial charge in [0.05, 0.1) is 5.69 Å². The zero-order valence-electron chi connectivity index (χ0n) is 8.62. The quantitative estimate of drug-likeness (QED) is 0.647. The Morgan fingerprint density at radius 2 is 2.29 bits per heavy atom. The Labute approximate surface area is 84.3 Å². The summed E-state index contributed by atoms with van der Waals surface area (Å²) < 4.78 is 4.94. The molecule has 80 valence electrons. The van der Waals surface area contributed by atoms with E-state index in [4.69, 9.17) is 9.63 Å². The van der Waals surface area contributed by atoms with Crippen LogP contribution in [0, 0.1) is 6.92 Å². The maximum Gasteiger partial charge on any atom is 0.133 e. The zero-order valence-corrected chi connectivity index (χ0v) is 8.62. The molecule has 0 saturated heterocycles. The molecule has 1 heterocycles. The van der Waals surface area contributed by atoms with Gasteiger partial charge in [-0.3, -0.25) is 0 Å². The first-order valence-corrected chi connectivity index (χ1v) is 5.06. The van der Waals surface area contributed by atoms with Gasteiger partial charge in [-0.1, -0.05) is 5.16 Å². The predicted molar refractivity (Wildman–Crippen MR) is 53.9 cm³/mol. The fourth-order valence-electron chi connectivity index (χ4n) is 1.26. The van der Waals surface area contributed by atoms with Crippen molar-refractivity contribution in [2.24, 2.45) is 0 Å². The average molecular weight is 198 g/mol. The lowest BCUT2D eigenvalue weighted by atomic mass is 10.2. The molecule has 0 amide bonds. The summed E-state index contributed by atoms with van der Waals surface area (Å²) in [4.78, 5) is 0. The van der Waals surface area contributed by atoms with Crippen molar-refractivity contribution in [1.29, 1.82) is 0 Å². The molecular formula is C10H18N2O2. The van der Waals surface area contributed by atoms with Gasteiger partial charge in [0.1, 0.15) is 5.76 Å². The monoisotopic (exact) mass is 198 g/mol. The first kappa shape index (κ1) is 11.2. The number of aryl methyl sites for hydroxylation is 1. The summed E-state index contributed by atoms with van der Waals surface area (Å²) in [6, 6.07) is 1.93. The standard InChI is InChI=1S/C10H18N2O2/c1-9-7-10(12-14-9)8-11-5-3-2-4-6-13/h7,11,13H,2-6,8H2,1H3. The molecule has 4 nitrogen and oxygen atoms in total. The van der Waals surface area contributed by atoms with Gasteiger partial charge in [0, 0.05) is 19.2 Å². The van der Waals surface area contributed by atoms with Crippen molar-refractivity contribution in [3.63, 3.8) is 0 Å². The van der Waals surface area contributed by atoms with E-state index in [-0.39, 0.29) is 0 Å². The molecular weight excluding hydrogens is 180 g/mol. The molecule has 0 atom stereocenters. The van der Waals surface area contributed by atoms with Gasteiger partial charge >= 0.3 is 0 Å². The fourth-order valence-corrected chi connectivity index (χ4v) is 1.26. The van der Waals surface area contributed by atoms with E-state index in [1.807, 2.05) is 13.0 Å².